The second-order valence-corrected chi connectivity index (χ2v) is 6.95. The number of rotatable bonds is 7. The highest BCUT2D eigenvalue weighted by Gasteiger charge is 2.18. The molecular formula is C19H23N9O2S. The van der Waals surface area contributed by atoms with Crippen molar-refractivity contribution in [3.8, 4) is 11.5 Å². The number of tetrazole rings is 1. The second kappa shape index (κ2) is 11.0. The van der Waals surface area contributed by atoms with Crippen LogP contribution in [0.2, 0.25) is 0 Å². The average Bonchev–Trinajstić information content (AvgIpc) is 3.45. The smallest absolute Gasteiger partial charge is 0.252 e. The Morgan fingerprint density at radius 3 is 2.74 bits per heavy atom. The van der Waals surface area contributed by atoms with Crippen LogP contribution in [0.1, 0.15) is 30.0 Å². The predicted octanol–water partition coefficient (Wildman–Crippen LogP) is 1.86. The van der Waals surface area contributed by atoms with Gasteiger partial charge in [-0.3, -0.25) is 9.78 Å². The molecule has 0 atom stereocenters. The maximum Gasteiger partial charge on any atom is 0.252 e. The van der Waals surface area contributed by atoms with Gasteiger partial charge < -0.3 is 15.8 Å². The summed E-state index contributed by atoms with van der Waals surface area (Å²) in [5.41, 5.74) is 7.17. The maximum absolute atomic E-state index is 12.5. The molecule has 4 rings (SSSR count). The molecule has 0 aliphatic carbocycles. The van der Waals surface area contributed by atoms with E-state index in [2.05, 4.69) is 40.9 Å². The lowest BCUT2D eigenvalue weighted by molar-refractivity contribution is 0.0956. The van der Waals surface area contributed by atoms with Crippen molar-refractivity contribution in [2.75, 3.05) is 25.5 Å². The van der Waals surface area contributed by atoms with Crippen LogP contribution in [-0.2, 0) is 11.2 Å². The molecule has 4 aromatic rings. The van der Waals surface area contributed by atoms with Crippen LogP contribution in [0.5, 0.6) is 0 Å². The maximum atomic E-state index is 12.5. The van der Waals surface area contributed by atoms with Crippen LogP contribution in [-0.4, -0.2) is 61.2 Å². The van der Waals surface area contributed by atoms with Crippen LogP contribution < -0.4 is 11.1 Å². The summed E-state index contributed by atoms with van der Waals surface area (Å²) in [6, 6.07) is 5.47. The lowest BCUT2D eigenvalue weighted by Gasteiger charge is -2.05. The molecule has 0 fully saturated rings. The van der Waals surface area contributed by atoms with Gasteiger partial charge in [0.2, 0.25) is 0 Å². The number of hydrogen-bond donors (Lipinski definition) is 3. The monoisotopic (exact) mass is 441 g/mol. The summed E-state index contributed by atoms with van der Waals surface area (Å²) in [6.45, 7) is 6.04. The zero-order valence-corrected chi connectivity index (χ0v) is 18.0. The molecule has 0 saturated carbocycles. The Morgan fingerprint density at radius 1 is 1.26 bits per heavy atom. The van der Waals surface area contributed by atoms with Crippen LogP contribution in [0.3, 0.4) is 0 Å². The van der Waals surface area contributed by atoms with Gasteiger partial charge in [-0.2, -0.15) is 5.21 Å². The van der Waals surface area contributed by atoms with E-state index in [0.29, 0.717) is 46.1 Å². The van der Waals surface area contributed by atoms with Gasteiger partial charge in [0, 0.05) is 37.8 Å². The highest BCUT2D eigenvalue weighted by Crippen LogP contribution is 2.30. The van der Waals surface area contributed by atoms with Gasteiger partial charge >= 0.3 is 0 Å². The summed E-state index contributed by atoms with van der Waals surface area (Å²) in [6.07, 6.45) is 2.14. The van der Waals surface area contributed by atoms with Crippen molar-refractivity contribution < 1.29 is 9.53 Å². The lowest BCUT2D eigenvalue weighted by Crippen LogP contribution is -2.26. The van der Waals surface area contributed by atoms with Gasteiger partial charge in [-0.25, -0.2) is 9.97 Å². The molecule has 4 N–H and O–H groups in total. The van der Waals surface area contributed by atoms with Gasteiger partial charge in [-0.05, 0) is 26.0 Å². The van der Waals surface area contributed by atoms with Crippen LogP contribution in [0, 0.1) is 0 Å². The molecule has 0 aliphatic rings. The van der Waals surface area contributed by atoms with Crippen molar-refractivity contribution >= 4 is 33.3 Å². The zero-order chi connectivity index (χ0) is 22.1. The Balaban J connectivity index is 0.000000491. The van der Waals surface area contributed by atoms with Crippen LogP contribution in [0.25, 0.3) is 21.7 Å². The highest BCUT2D eigenvalue weighted by atomic mass is 32.1. The fourth-order valence-corrected chi connectivity index (χ4v) is 3.55. The number of thiophene rings is 1. The van der Waals surface area contributed by atoms with Crippen molar-refractivity contribution in [3.63, 3.8) is 0 Å². The molecule has 0 radical (unpaired) electrons. The number of carbonyl (C=O) groups excluding carboxylic acids is 1. The number of fused-ring (bicyclic) bond motifs is 1. The van der Waals surface area contributed by atoms with Crippen molar-refractivity contribution in [1.82, 2.24) is 40.9 Å². The molecule has 4 heterocycles. The number of amides is 1. The fraction of sp³-hybridized carbons (Fsp3) is 0.316. The number of nitrogens with one attached hydrogen (secondary N) is 2. The fourth-order valence-electron chi connectivity index (χ4n) is 2.62. The van der Waals surface area contributed by atoms with E-state index in [-0.39, 0.29) is 11.7 Å². The minimum atomic E-state index is -0.249. The summed E-state index contributed by atoms with van der Waals surface area (Å²) in [5.74, 6) is 0.964. The molecule has 0 saturated heterocycles. The molecule has 0 bridgehead atoms. The number of carbonyl (C=O) groups is 1. The number of nitrogens with zero attached hydrogens (tertiary/aromatic N) is 6. The first-order valence-corrected chi connectivity index (χ1v) is 10.6. The number of nitrogens with two attached hydrogens (primary N) is 1. The normalized spacial score (nSPS) is 10.5. The number of aromatic nitrogens is 7. The van der Waals surface area contributed by atoms with Gasteiger partial charge in [0.1, 0.15) is 16.3 Å². The largest absolute Gasteiger partial charge is 0.383 e. The number of anilines is 1. The molecule has 162 valence electrons. The van der Waals surface area contributed by atoms with E-state index in [1.54, 1.807) is 17.6 Å². The van der Waals surface area contributed by atoms with E-state index in [1.165, 1.54) is 11.3 Å². The number of H-pyrrole nitrogens is 1. The minimum Gasteiger partial charge on any atom is -0.383 e. The summed E-state index contributed by atoms with van der Waals surface area (Å²) in [4.78, 5) is 26.1. The first kappa shape index (κ1) is 22.2. The van der Waals surface area contributed by atoms with Crippen molar-refractivity contribution in [1.29, 1.82) is 0 Å². The van der Waals surface area contributed by atoms with E-state index in [0.717, 1.165) is 13.2 Å². The molecule has 11 nitrogen and oxygen atoms in total. The molecule has 1 amide bonds. The van der Waals surface area contributed by atoms with Gasteiger partial charge in [0.05, 0.1) is 10.9 Å². The first-order chi connectivity index (χ1) is 15.1. The Labute approximate surface area is 182 Å². The Kier molecular flexibility index (Phi) is 7.90. The summed E-state index contributed by atoms with van der Waals surface area (Å²) in [5, 5.41) is 18.6. The third-order valence-corrected chi connectivity index (χ3v) is 4.90. The van der Waals surface area contributed by atoms with E-state index < -0.39 is 0 Å². The molecule has 0 aromatic carbocycles. The first-order valence-electron chi connectivity index (χ1n) is 9.68. The number of ether oxygens (including phenoxy) is 1. The molecule has 31 heavy (non-hydrogen) atoms. The molecule has 0 spiro atoms. The van der Waals surface area contributed by atoms with E-state index in [1.807, 2.05) is 26.0 Å². The Bertz CT molecular complexity index is 1100. The molecule has 4 aromatic heterocycles. The number of hydrogen-bond acceptors (Lipinski definition) is 10. The van der Waals surface area contributed by atoms with Gasteiger partial charge in [-0.15, -0.1) is 21.5 Å². The number of nitrogen functional groups attached to an aromatic ring is 1. The summed E-state index contributed by atoms with van der Waals surface area (Å²) in [7, 11) is 0. The lowest BCUT2D eigenvalue weighted by atomic mass is 10.2. The van der Waals surface area contributed by atoms with Crippen molar-refractivity contribution in [2.24, 2.45) is 0 Å². The third-order valence-electron chi connectivity index (χ3n) is 4.03. The predicted molar refractivity (Wildman–Crippen MR) is 117 cm³/mol. The second-order valence-electron chi connectivity index (χ2n) is 6.09. The molecule has 0 aliphatic heterocycles. The SMILES string of the molecule is CCOCC.Nc1nc(-c2ccccn2)nc2scc(C(=O)NCCc3nn[nH]n3)c12. The third kappa shape index (κ3) is 5.77. The quantitative estimate of drug-likeness (QED) is 0.389. The van der Waals surface area contributed by atoms with Crippen LogP contribution >= 0.6 is 11.3 Å². The Morgan fingerprint density at radius 2 is 2.10 bits per heavy atom. The topological polar surface area (TPSA) is 157 Å². The molecule has 0 unspecified atom stereocenters. The standard InChI is InChI=1S/C15H13N9OS.C4H10O/c16-12-11-8(14(25)18-6-4-10-21-23-24-22-10)7-26-15(11)20-13(19-12)9-3-1-2-5-17-9;1-3-5-4-2/h1-3,5,7H,4,6H2,(H,18,25)(H2,16,19,20)(H,21,22,23,24);3-4H2,1-2H3. The zero-order valence-electron chi connectivity index (χ0n) is 17.2. The van der Waals surface area contributed by atoms with Crippen molar-refractivity contribution in [2.45, 2.75) is 20.3 Å². The van der Waals surface area contributed by atoms with Gasteiger partial charge in [-0.1, -0.05) is 11.3 Å². The van der Waals surface area contributed by atoms with Crippen molar-refractivity contribution in [3.05, 3.63) is 41.2 Å². The van der Waals surface area contributed by atoms with E-state index >= 15 is 0 Å². The molecule has 12 heteroatoms. The van der Waals surface area contributed by atoms with Crippen LogP contribution in [0.4, 0.5) is 5.82 Å². The van der Waals surface area contributed by atoms with Gasteiger partial charge in [0.25, 0.3) is 5.91 Å². The number of pyridine rings is 1. The summed E-state index contributed by atoms with van der Waals surface area (Å²) < 4.78 is 4.83. The van der Waals surface area contributed by atoms with Crippen LogP contribution in [0.15, 0.2) is 29.8 Å². The van der Waals surface area contributed by atoms with E-state index in [9.17, 15) is 4.79 Å². The van der Waals surface area contributed by atoms with E-state index in [4.69, 9.17) is 10.5 Å². The number of aromatic amines is 1. The Hall–Kier alpha value is -3.51. The van der Waals surface area contributed by atoms with Gasteiger partial charge in [0.15, 0.2) is 11.6 Å². The average molecular weight is 442 g/mol. The highest BCUT2D eigenvalue weighted by molar-refractivity contribution is 7.17. The molecular weight excluding hydrogens is 418 g/mol. The summed E-state index contributed by atoms with van der Waals surface area (Å²) >= 11 is 1.34. The minimum absolute atomic E-state index is 0.249.